The maximum Gasteiger partial charge on any atom is 0.125 e. The van der Waals surface area contributed by atoms with Gasteiger partial charge in [-0.3, -0.25) is 0 Å². The van der Waals surface area contributed by atoms with Crippen molar-refractivity contribution < 1.29 is 4.21 Å². The summed E-state index contributed by atoms with van der Waals surface area (Å²) in [5, 5.41) is 2.54. The average molecular weight is 240 g/mol. The van der Waals surface area contributed by atoms with Crippen LogP contribution in [0.4, 0.5) is 0 Å². The minimum absolute atomic E-state index is 0.683. The maximum atomic E-state index is 11.7. The van der Waals surface area contributed by atoms with Gasteiger partial charge in [0.2, 0.25) is 0 Å². The molecule has 0 aliphatic rings. The molecule has 0 bridgehead atoms. The van der Waals surface area contributed by atoms with Gasteiger partial charge >= 0.3 is 0 Å². The van der Waals surface area contributed by atoms with Gasteiger partial charge in [-0.05, 0) is 19.2 Å². The second kappa shape index (κ2) is 4.31. The second-order valence-corrected chi connectivity index (χ2v) is 4.86. The molecule has 0 fully saturated rings. The molecule has 0 aromatic heterocycles. The van der Waals surface area contributed by atoms with E-state index in [0.29, 0.717) is 5.02 Å². The Morgan fingerprint density at radius 3 is 2.47 bits per heavy atom. The van der Waals surface area contributed by atoms with Crippen LogP contribution in [0.2, 0.25) is 5.02 Å². The van der Waals surface area contributed by atoms with Crippen LogP contribution in [0.3, 0.4) is 0 Å². The van der Waals surface area contributed by atoms with Crippen molar-refractivity contribution in [3.05, 3.63) is 41.4 Å². The summed E-state index contributed by atoms with van der Waals surface area (Å²) in [7, 11) is 0.484. The molecule has 1 unspecified atom stereocenters. The van der Waals surface area contributed by atoms with Gasteiger partial charge in [-0.25, -0.2) is 8.93 Å². The summed E-state index contributed by atoms with van der Waals surface area (Å²) in [5.41, 5.74) is 0. The first-order valence-electron chi connectivity index (χ1n) is 4.50. The molecule has 0 aliphatic carbocycles. The Balaban J connectivity index is 2.77. The summed E-state index contributed by atoms with van der Waals surface area (Å²) in [6.07, 6.45) is 0. The fraction of sp³-hybridized carbons (Fsp3) is 0.0909. The van der Waals surface area contributed by atoms with Crippen LogP contribution in [0, 0.1) is 0 Å². The highest BCUT2D eigenvalue weighted by Crippen LogP contribution is 2.27. The van der Waals surface area contributed by atoms with Crippen molar-refractivity contribution in [1.29, 1.82) is 0 Å². The Kier molecular flexibility index (Phi) is 3.05. The van der Waals surface area contributed by atoms with Crippen LogP contribution in [0.5, 0.6) is 0 Å². The van der Waals surface area contributed by atoms with E-state index in [9.17, 15) is 4.21 Å². The van der Waals surface area contributed by atoms with Gasteiger partial charge in [-0.2, -0.15) is 0 Å². The van der Waals surface area contributed by atoms with Crippen molar-refractivity contribution in [2.24, 2.45) is 0 Å². The molecule has 1 N–H and O–H groups in total. The lowest BCUT2D eigenvalue weighted by Gasteiger charge is -2.06. The molecular weight excluding hydrogens is 230 g/mol. The molecule has 0 aliphatic heterocycles. The molecule has 2 aromatic carbocycles. The van der Waals surface area contributed by atoms with Gasteiger partial charge in [0, 0.05) is 15.8 Å². The number of nitrogens with one attached hydrogen (secondary N) is 1. The van der Waals surface area contributed by atoms with E-state index in [-0.39, 0.29) is 0 Å². The van der Waals surface area contributed by atoms with E-state index in [1.54, 1.807) is 19.2 Å². The summed E-state index contributed by atoms with van der Waals surface area (Å²) in [4.78, 5) is 0.762. The number of hydrogen-bond donors (Lipinski definition) is 1. The van der Waals surface area contributed by atoms with Crippen molar-refractivity contribution in [3.63, 3.8) is 0 Å². The first-order valence-corrected chi connectivity index (χ1v) is 6.03. The van der Waals surface area contributed by atoms with Crippen molar-refractivity contribution in [1.82, 2.24) is 4.72 Å². The van der Waals surface area contributed by atoms with Gasteiger partial charge in [0.25, 0.3) is 0 Å². The first-order chi connectivity index (χ1) is 7.24. The Morgan fingerprint density at radius 2 is 1.80 bits per heavy atom. The minimum Gasteiger partial charge on any atom is -0.237 e. The minimum atomic E-state index is -1.18. The van der Waals surface area contributed by atoms with Crippen LogP contribution in [-0.2, 0) is 11.0 Å². The van der Waals surface area contributed by atoms with Crippen LogP contribution < -0.4 is 4.72 Å². The standard InChI is InChI=1S/C11H10ClNOS/c1-13-15(14)11-7-6-10(12)8-4-2-3-5-9(8)11/h2-7,13H,1H3. The van der Waals surface area contributed by atoms with Gasteiger partial charge in [0.1, 0.15) is 11.0 Å². The molecule has 78 valence electrons. The summed E-state index contributed by atoms with van der Waals surface area (Å²) in [6, 6.07) is 11.2. The van der Waals surface area contributed by atoms with Crippen LogP contribution in [0.15, 0.2) is 41.3 Å². The van der Waals surface area contributed by atoms with E-state index >= 15 is 0 Å². The lowest BCUT2D eigenvalue weighted by atomic mass is 10.1. The van der Waals surface area contributed by atoms with Crippen molar-refractivity contribution in [2.75, 3.05) is 7.05 Å². The van der Waals surface area contributed by atoms with E-state index in [1.807, 2.05) is 24.3 Å². The average Bonchev–Trinajstić information content (AvgIpc) is 2.29. The molecule has 2 nitrogen and oxygen atoms in total. The van der Waals surface area contributed by atoms with E-state index in [4.69, 9.17) is 11.6 Å². The summed E-state index contributed by atoms with van der Waals surface area (Å²) < 4.78 is 14.4. The van der Waals surface area contributed by atoms with Crippen LogP contribution in [0.25, 0.3) is 10.8 Å². The molecule has 1 atom stereocenters. The maximum absolute atomic E-state index is 11.7. The third-order valence-electron chi connectivity index (χ3n) is 2.22. The van der Waals surface area contributed by atoms with Gasteiger partial charge in [0.15, 0.2) is 0 Å². The normalized spacial score (nSPS) is 12.9. The van der Waals surface area contributed by atoms with Gasteiger partial charge in [-0.15, -0.1) is 0 Å². The highest BCUT2D eigenvalue weighted by Gasteiger charge is 2.08. The molecule has 0 radical (unpaired) electrons. The predicted octanol–water partition coefficient (Wildman–Crippen LogP) is 2.74. The molecule has 2 aromatic rings. The fourth-order valence-electron chi connectivity index (χ4n) is 1.51. The predicted molar refractivity (Wildman–Crippen MR) is 64.4 cm³/mol. The topological polar surface area (TPSA) is 29.1 Å². The second-order valence-electron chi connectivity index (χ2n) is 3.06. The highest BCUT2D eigenvalue weighted by molar-refractivity contribution is 7.83. The zero-order valence-corrected chi connectivity index (χ0v) is 9.73. The van der Waals surface area contributed by atoms with Gasteiger partial charge in [0.05, 0.1) is 4.90 Å². The Hall–Kier alpha value is -0.900. The summed E-state index contributed by atoms with van der Waals surface area (Å²) >= 11 is 6.06. The third kappa shape index (κ3) is 1.91. The molecule has 0 amide bonds. The van der Waals surface area contributed by atoms with E-state index in [1.165, 1.54) is 0 Å². The van der Waals surface area contributed by atoms with E-state index in [0.717, 1.165) is 15.7 Å². The number of fused-ring (bicyclic) bond motifs is 1. The van der Waals surface area contributed by atoms with E-state index < -0.39 is 11.0 Å². The third-order valence-corrected chi connectivity index (χ3v) is 3.67. The number of benzene rings is 2. The molecule has 4 heteroatoms. The highest BCUT2D eigenvalue weighted by atomic mass is 35.5. The molecule has 2 rings (SSSR count). The molecule has 0 saturated heterocycles. The summed E-state index contributed by atoms with van der Waals surface area (Å²) in [6.45, 7) is 0. The van der Waals surface area contributed by atoms with Crippen molar-refractivity contribution in [3.8, 4) is 0 Å². The summed E-state index contributed by atoms with van der Waals surface area (Å²) in [5.74, 6) is 0. The Labute approximate surface area is 95.8 Å². The van der Waals surface area contributed by atoms with E-state index in [2.05, 4.69) is 4.72 Å². The first kappa shape index (κ1) is 10.6. The van der Waals surface area contributed by atoms with Crippen LogP contribution >= 0.6 is 11.6 Å². The van der Waals surface area contributed by atoms with Gasteiger partial charge in [-0.1, -0.05) is 35.9 Å². The Morgan fingerprint density at radius 1 is 1.13 bits per heavy atom. The molecule has 0 saturated carbocycles. The molecular formula is C11H10ClNOS. The largest absolute Gasteiger partial charge is 0.237 e. The molecule has 15 heavy (non-hydrogen) atoms. The van der Waals surface area contributed by atoms with Crippen molar-refractivity contribution in [2.45, 2.75) is 4.90 Å². The van der Waals surface area contributed by atoms with Crippen LogP contribution in [0.1, 0.15) is 0 Å². The van der Waals surface area contributed by atoms with Crippen molar-refractivity contribution >= 4 is 33.4 Å². The molecule has 0 heterocycles. The lowest BCUT2D eigenvalue weighted by Crippen LogP contribution is -2.10. The van der Waals surface area contributed by atoms with Crippen LogP contribution in [-0.4, -0.2) is 11.3 Å². The smallest absolute Gasteiger partial charge is 0.125 e. The SMILES string of the molecule is CNS(=O)c1ccc(Cl)c2ccccc12. The number of halogens is 1. The quantitative estimate of drug-likeness (QED) is 0.858. The monoisotopic (exact) mass is 239 g/mol. The lowest BCUT2D eigenvalue weighted by molar-refractivity contribution is 0.678. The number of rotatable bonds is 2. The zero-order chi connectivity index (χ0) is 10.8. The fourth-order valence-corrected chi connectivity index (χ4v) is 2.52. The Bertz CT molecular complexity index is 527. The zero-order valence-electron chi connectivity index (χ0n) is 8.16. The molecule has 0 spiro atoms. The number of hydrogen-bond acceptors (Lipinski definition) is 1. The van der Waals surface area contributed by atoms with Gasteiger partial charge < -0.3 is 0 Å².